The minimum absolute atomic E-state index is 0.0306. The fourth-order valence-corrected chi connectivity index (χ4v) is 10.2. The maximum atomic E-state index is 2.58. The zero-order valence-corrected chi connectivity index (χ0v) is 29.9. The van der Waals surface area contributed by atoms with E-state index in [2.05, 4.69) is 181 Å². The van der Waals surface area contributed by atoms with Crippen molar-refractivity contribution in [3.8, 4) is 0 Å². The number of benzene rings is 6. The molecular weight excluding hydrogens is 637 g/mol. The van der Waals surface area contributed by atoms with Gasteiger partial charge in [-0.05, 0) is 99.9 Å². The lowest BCUT2D eigenvalue weighted by atomic mass is 9.74. The van der Waals surface area contributed by atoms with Crippen LogP contribution in [0.15, 0.2) is 161 Å². The predicted molar refractivity (Wildman–Crippen MR) is 217 cm³/mol. The second kappa shape index (κ2) is 11.9. The van der Waals surface area contributed by atoms with E-state index in [9.17, 15) is 0 Å². The van der Waals surface area contributed by atoms with Crippen LogP contribution in [0.5, 0.6) is 0 Å². The van der Waals surface area contributed by atoms with Crippen LogP contribution in [0.4, 0.5) is 22.7 Å². The standard InChI is InChI=1S/C48H40N2S/c1-48(2)40-30-32(22-26-37(40)38-27-25-35(31-41(38)48)49-29-11-13-34-12-3-6-16-42(34)49)21-23-33-24-28-43(39-15-5-4-14-36(33)39)50-44-17-7-9-19-46(44)51-47-20-10-8-18-45(47)50/h3-10,12,14-28,30-31,38,41H,11,13,29H2,1-2H3/b23-21+. The number of allylic oxidation sites excluding steroid dienone is 3. The number of hydrogen-bond acceptors (Lipinski definition) is 3. The van der Waals surface area contributed by atoms with E-state index in [1.54, 1.807) is 0 Å². The number of aryl methyl sites for hydroxylation is 1. The van der Waals surface area contributed by atoms with Crippen LogP contribution >= 0.6 is 11.8 Å². The molecule has 2 aliphatic carbocycles. The molecule has 0 bridgehead atoms. The highest BCUT2D eigenvalue weighted by Gasteiger charge is 2.45. The first-order chi connectivity index (χ1) is 25.0. The lowest BCUT2D eigenvalue weighted by Crippen LogP contribution is -2.32. The molecule has 2 unspecified atom stereocenters. The summed E-state index contributed by atoms with van der Waals surface area (Å²) in [5, 5.41) is 2.51. The maximum Gasteiger partial charge on any atom is 0.0601 e. The third-order valence-electron chi connectivity index (χ3n) is 11.7. The minimum atomic E-state index is 0.0306. The Bertz CT molecular complexity index is 2400. The van der Waals surface area contributed by atoms with E-state index in [4.69, 9.17) is 0 Å². The molecule has 2 atom stereocenters. The second-order valence-electron chi connectivity index (χ2n) is 14.9. The summed E-state index contributed by atoms with van der Waals surface area (Å²) in [4.78, 5) is 7.55. The van der Waals surface area contributed by atoms with Gasteiger partial charge in [0.15, 0.2) is 0 Å². The fourth-order valence-electron chi connectivity index (χ4n) is 9.10. The van der Waals surface area contributed by atoms with Gasteiger partial charge in [0.1, 0.15) is 0 Å². The quantitative estimate of drug-likeness (QED) is 0.171. The van der Waals surface area contributed by atoms with Gasteiger partial charge in [0.2, 0.25) is 0 Å². The van der Waals surface area contributed by atoms with Crippen molar-refractivity contribution in [2.75, 3.05) is 16.3 Å². The van der Waals surface area contributed by atoms with Crippen LogP contribution in [-0.2, 0) is 11.8 Å². The van der Waals surface area contributed by atoms with Crippen molar-refractivity contribution in [3.05, 3.63) is 179 Å². The smallest absolute Gasteiger partial charge is 0.0601 e. The first-order valence-corrected chi connectivity index (χ1v) is 19.1. The summed E-state index contributed by atoms with van der Waals surface area (Å²) in [6.45, 7) is 5.98. The molecule has 6 aromatic rings. The Balaban J connectivity index is 0.983. The van der Waals surface area contributed by atoms with E-state index in [0.29, 0.717) is 11.8 Å². The Morgan fingerprint density at radius 1 is 0.686 bits per heavy atom. The summed E-state index contributed by atoms with van der Waals surface area (Å²) >= 11 is 1.85. The lowest BCUT2D eigenvalue weighted by Gasteiger charge is -2.37. The summed E-state index contributed by atoms with van der Waals surface area (Å²) in [5.74, 6) is 0.845. The van der Waals surface area contributed by atoms with Crippen molar-refractivity contribution in [2.45, 2.75) is 47.8 Å². The summed E-state index contributed by atoms with van der Waals surface area (Å²) in [7, 11) is 0. The van der Waals surface area contributed by atoms with Crippen LogP contribution in [-0.4, -0.2) is 6.54 Å². The molecule has 3 heteroatoms. The molecule has 0 spiro atoms. The SMILES string of the molecule is CC1(C)c2cc(/C=C/c3ccc(N4c5ccccc5Sc5ccccc54)c4ccccc34)ccc2C2C=CC(N3CCCc4ccccc43)=CC21. The zero-order valence-electron chi connectivity index (χ0n) is 29.1. The molecule has 2 aliphatic heterocycles. The molecule has 0 amide bonds. The average molecular weight is 677 g/mol. The van der Waals surface area contributed by atoms with Gasteiger partial charge in [-0.3, -0.25) is 0 Å². The largest absolute Gasteiger partial charge is 0.342 e. The highest BCUT2D eigenvalue weighted by atomic mass is 32.2. The van der Waals surface area contributed by atoms with Crippen LogP contribution in [0.1, 0.15) is 54.0 Å². The Kier molecular flexibility index (Phi) is 7.15. The van der Waals surface area contributed by atoms with E-state index in [1.165, 1.54) is 89.7 Å². The number of nitrogens with zero attached hydrogens (tertiary/aromatic N) is 2. The molecule has 10 rings (SSSR count). The molecule has 0 N–H and O–H groups in total. The zero-order chi connectivity index (χ0) is 34.1. The van der Waals surface area contributed by atoms with Crippen molar-refractivity contribution >= 4 is 57.4 Å². The first-order valence-electron chi connectivity index (χ1n) is 18.3. The lowest BCUT2D eigenvalue weighted by molar-refractivity contribution is 0.391. The number of fused-ring (bicyclic) bond motifs is 7. The van der Waals surface area contributed by atoms with Crippen LogP contribution in [0.2, 0.25) is 0 Å². The van der Waals surface area contributed by atoms with E-state index in [0.717, 1.165) is 6.54 Å². The Labute approximate surface area is 305 Å². The van der Waals surface area contributed by atoms with Crippen molar-refractivity contribution < 1.29 is 0 Å². The summed E-state index contributed by atoms with van der Waals surface area (Å²) in [5.41, 5.74) is 13.3. The van der Waals surface area contributed by atoms with E-state index < -0.39 is 0 Å². The van der Waals surface area contributed by atoms with Crippen molar-refractivity contribution in [2.24, 2.45) is 5.92 Å². The first kappa shape index (κ1) is 30.6. The molecule has 51 heavy (non-hydrogen) atoms. The van der Waals surface area contributed by atoms with Gasteiger partial charge < -0.3 is 9.80 Å². The number of hydrogen-bond donors (Lipinski definition) is 0. The van der Waals surface area contributed by atoms with E-state index in [-0.39, 0.29) is 5.41 Å². The van der Waals surface area contributed by atoms with Gasteiger partial charge in [0.25, 0.3) is 0 Å². The topological polar surface area (TPSA) is 6.48 Å². The van der Waals surface area contributed by atoms with Crippen LogP contribution in [0.3, 0.4) is 0 Å². The Morgan fingerprint density at radius 2 is 1.39 bits per heavy atom. The molecule has 2 nitrogen and oxygen atoms in total. The monoisotopic (exact) mass is 676 g/mol. The highest BCUT2D eigenvalue weighted by Crippen LogP contribution is 2.55. The summed E-state index contributed by atoms with van der Waals surface area (Å²) < 4.78 is 0. The van der Waals surface area contributed by atoms with Gasteiger partial charge in [0, 0.05) is 39.0 Å². The molecule has 0 saturated carbocycles. The predicted octanol–water partition coefficient (Wildman–Crippen LogP) is 12.8. The van der Waals surface area contributed by atoms with Gasteiger partial charge in [-0.2, -0.15) is 0 Å². The van der Waals surface area contributed by atoms with Crippen LogP contribution < -0.4 is 9.80 Å². The number of rotatable bonds is 4. The van der Waals surface area contributed by atoms with Crippen LogP contribution in [0, 0.1) is 5.92 Å². The second-order valence-corrected chi connectivity index (χ2v) is 16.0. The van der Waals surface area contributed by atoms with Crippen molar-refractivity contribution in [3.63, 3.8) is 0 Å². The third-order valence-corrected chi connectivity index (χ3v) is 12.8. The van der Waals surface area contributed by atoms with Gasteiger partial charge >= 0.3 is 0 Å². The average Bonchev–Trinajstić information content (AvgIpc) is 3.40. The van der Waals surface area contributed by atoms with Gasteiger partial charge in [-0.15, -0.1) is 0 Å². The number of para-hydroxylation sites is 3. The Hall–Kier alpha value is -5.25. The molecule has 2 heterocycles. The molecule has 6 aromatic carbocycles. The molecule has 0 fully saturated rings. The highest BCUT2D eigenvalue weighted by molar-refractivity contribution is 7.99. The molecular formula is C48H40N2S. The molecule has 0 saturated heterocycles. The molecule has 0 radical (unpaired) electrons. The molecule has 0 aromatic heterocycles. The third kappa shape index (κ3) is 4.93. The van der Waals surface area contributed by atoms with Gasteiger partial charge in [-0.1, -0.05) is 141 Å². The minimum Gasteiger partial charge on any atom is -0.342 e. The van der Waals surface area contributed by atoms with Crippen LogP contribution in [0.25, 0.3) is 22.9 Å². The summed E-state index contributed by atoms with van der Waals surface area (Å²) in [6, 6.07) is 47.1. The normalized spacial score (nSPS) is 19.7. The van der Waals surface area contributed by atoms with Crippen molar-refractivity contribution in [1.29, 1.82) is 0 Å². The summed E-state index contributed by atoms with van der Waals surface area (Å²) in [6.07, 6.45) is 14.4. The molecule has 4 aliphatic rings. The van der Waals surface area contributed by atoms with E-state index >= 15 is 0 Å². The number of anilines is 4. The van der Waals surface area contributed by atoms with Crippen molar-refractivity contribution in [1.82, 2.24) is 0 Å². The van der Waals surface area contributed by atoms with Gasteiger partial charge in [-0.25, -0.2) is 0 Å². The maximum absolute atomic E-state index is 2.58. The molecule has 248 valence electrons. The fraction of sp³-hybridized carbons (Fsp3) is 0.167. The van der Waals surface area contributed by atoms with E-state index in [1.807, 2.05) is 11.8 Å². The van der Waals surface area contributed by atoms with Gasteiger partial charge in [0.05, 0.1) is 17.1 Å². The Morgan fingerprint density at radius 3 is 2.20 bits per heavy atom.